The summed E-state index contributed by atoms with van der Waals surface area (Å²) < 4.78 is 2.02. The largest absolute Gasteiger partial charge is 0.357 e. The van der Waals surface area contributed by atoms with Gasteiger partial charge in [-0.2, -0.15) is 0 Å². The number of fused-ring (bicyclic) bond motifs is 1. The van der Waals surface area contributed by atoms with Crippen LogP contribution in [0.15, 0.2) is 18.5 Å². The zero-order valence-electron chi connectivity index (χ0n) is 12.5. The minimum Gasteiger partial charge on any atom is -0.357 e. The molecule has 3 unspecified atom stereocenters. The third-order valence-corrected chi connectivity index (χ3v) is 4.96. The molecule has 0 bridgehead atoms. The van der Waals surface area contributed by atoms with Crippen LogP contribution in [0.25, 0.3) is 0 Å². The number of nitrogens with zero attached hydrogens (tertiary/aromatic N) is 2. The third-order valence-electron chi connectivity index (χ3n) is 4.96. The van der Waals surface area contributed by atoms with Gasteiger partial charge in [0.2, 0.25) is 0 Å². The van der Waals surface area contributed by atoms with Crippen LogP contribution in [-0.4, -0.2) is 28.6 Å². The lowest BCUT2D eigenvalue weighted by Crippen LogP contribution is -2.39. The predicted octanol–water partition coefficient (Wildman–Crippen LogP) is 2.92. The van der Waals surface area contributed by atoms with E-state index in [1.54, 1.807) is 0 Å². The molecule has 1 saturated carbocycles. The molecule has 0 radical (unpaired) electrons. The van der Waals surface area contributed by atoms with Gasteiger partial charge in [-0.25, -0.2) is 4.79 Å². The summed E-state index contributed by atoms with van der Waals surface area (Å²) in [5.74, 6) is 1.50. The van der Waals surface area contributed by atoms with Crippen LogP contribution in [0.3, 0.4) is 0 Å². The quantitative estimate of drug-likeness (QED) is 0.885. The maximum absolute atomic E-state index is 12.4. The highest BCUT2D eigenvalue weighted by atomic mass is 16.2. The highest BCUT2D eigenvalue weighted by Crippen LogP contribution is 2.36. The first-order chi connectivity index (χ1) is 9.63. The second-order valence-electron chi connectivity index (χ2n) is 6.49. The zero-order valence-corrected chi connectivity index (χ0v) is 12.5. The predicted molar refractivity (Wildman–Crippen MR) is 79.4 cm³/mol. The molecule has 3 rings (SSSR count). The van der Waals surface area contributed by atoms with Crippen LogP contribution in [-0.2, 0) is 7.05 Å². The fourth-order valence-electron chi connectivity index (χ4n) is 3.71. The number of amides is 2. The molecule has 2 amide bonds. The van der Waals surface area contributed by atoms with Crippen molar-refractivity contribution in [3.05, 3.63) is 24.0 Å². The van der Waals surface area contributed by atoms with E-state index >= 15 is 0 Å². The Kier molecular flexibility index (Phi) is 3.72. The number of nitrogens with one attached hydrogen (secondary N) is 1. The van der Waals surface area contributed by atoms with Crippen molar-refractivity contribution in [2.45, 2.75) is 38.6 Å². The van der Waals surface area contributed by atoms with E-state index in [1.807, 2.05) is 22.7 Å². The molecule has 4 heteroatoms. The summed E-state index contributed by atoms with van der Waals surface area (Å²) >= 11 is 0. The van der Waals surface area contributed by atoms with E-state index in [1.165, 1.54) is 25.7 Å². The Morgan fingerprint density at radius 1 is 1.30 bits per heavy atom. The van der Waals surface area contributed by atoms with Gasteiger partial charge in [-0.05, 0) is 43.2 Å². The average Bonchev–Trinajstić information content (AvgIpc) is 3.04. The summed E-state index contributed by atoms with van der Waals surface area (Å²) in [5.41, 5.74) is 1.16. The van der Waals surface area contributed by atoms with Crippen LogP contribution < -0.4 is 5.32 Å². The molecule has 2 heterocycles. The normalized spacial score (nSPS) is 27.2. The molecule has 1 aromatic rings. The van der Waals surface area contributed by atoms with Crippen molar-refractivity contribution in [1.29, 1.82) is 0 Å². The summed E-state index contributed by atoms with van der Waals surface area (Å²) in [6.45, 7) is 3.96. The Bertz CT molecular complexity index is 468. The smallest absolute Gasteiger partial charge is 0.317 e. The van der Waals surface area contributed by atoms with Crippen molar-refractivity contribution in [3.8, 4) is 0 Å². The van der Waals surface area contributed by atoms with Crippen LogP contribution in [0.2, 0.25) is 0 Å². The number of aromatic nitrogens is 1. The Morgan fingerprint density at radius 3 is 2.50 bits per heavy atom. The summed E-state index contributed by atoms with van der Waals surface area (Å²) in [5, 5.41) is 3.13. The summed E-state index contributed by atoms with van der Waals surface area (Å²) in [6.07, 6.45) is 9.39. The van der Waals surface area contributed by atoms with Crippen molar-refractivity contribution in [3.63, 3.8) is 0 Å². The average molecular weight is 275 g/mol. The van der Waals surface area contributed by atoms with Gasteiger partial charge in [-0.3, -0.25) is 0 Å². The second kappa shape index (κ2) is 5.51. The zero-order chi connectivity index (χ0) is 14.1. The molecule has 2 fully saturated rings. The van der Waals surface area contributed by atoms with Crippen LogP contribution in [0.4, 0.5) is 4.79 Å². The Labute approximate surface area is 121 Å². The molecule has 4 nitrogen and oxygen atoms in total. The molecule has 3 atom stereocenters. The van der Waals surface area contributed by atoms with E-state index in [4.69, 9.17) is 0 Å². The maximum Gasteiger partial charge on any atom is 0.317 e. The van der Waals surface area contributed by atoms with Crippen molar-refractivity contribution in [2.24, 2.45) is 18.9 Å². The molecule has 1 N–H and O–H groups in total. The van der Waals surface area contributed by atoms with Gasteiger partial charge in [0.1, 0.15) is 0 Å². The number of likely N-dealkylation sites (tertiary alicyclic amines) is 1. The van der Waals surface area contributed by atoms with Crippen molar-refractivity contribution >= 4 is 6.03 Å². The molecular weight excluding hydrogens is 250 g/mol. The number of aryl methyl sites for hydroxylation is 1. The lowest BCUT2D eigenvalue weighted by molar-refractivity contribution is 0.203. The second-order valence-corrected chi connectivity index (χ2v) is 6.49. The number of carbonyl (C=O) groups excluding carboxylic acids is 1. The lowest BCUT2D eigenvalue weighted by atomic mass is 9.82. The summed E-state index contributed by atoms with van der Waals surface area (Å²) in [7, 11) is 2.00. The van der Waals surface area contributed by atoms with Crippen molar-refractivity contribution in [2.75, 3.05) is 13.1 Å². The fraction of sp³-hybridized carbons (Fsp3) is 0.688. The van der Waals surface area contributed by atoms with E-state index in [0.29, 0.717) is 0 Å². The Balaban J connectivity index is 1.57. The molecular formula is C16H25N3O. The van der Waals surface area contributed by atoms with Gasteiger partial charge >= 0.3 is 6.03 Å². The topological polar surface area (TPSA) is 37.3 Å². The minimum absolute atomic E-state index is 0.0753. The minimum atomic E-state index is 0.0753. The van der Waals surface area contributed by atoms with Gasteiger partial charge in [0, 0.05) is 32.5 Å². The van der Waals surface area contributed by atoms with Crippen molar-refractivity contribution < 1.29 is 4.79 Å². The van der Waals surface area contributed by atoms with Gasteiger partial charge < -0.3 is 14.8 Å². The first-order valence-electron chi connectivity index (χ1n) is 7.81. The Hall–Kier alpha value is -1.45. The molecule has 1 saturated heterocycles. The van der Waals surface area contributed by atoms with Gasteiger partial charge in [0.25, 0.3) is 0 Å². The molecule has 1 aromatic heterocycles. The van der Waals surface area contributed by atoms with E-state index in [9.17, 15) is 4.79 Å². The maximum atomic E-state index is 12.4. The van der Waals surface area contributed by atoms with Gasteiger partial charge in [-0.15, -0.1) is 0 Å². The lowest BCUT2D eigenvalue weighted by Gasteiger charge is -2.22. The molecule has 110 valence electrons. The van der Waals surface area contributed by atoms with E-state index in [-0.39, 0.29) is 12.1 Å². The third kappa shape index (κ3) is 2.69. The standard InChI is InChI=1S/C16H25N3O/c1-12(13-7-8-18(2)9-13)17-16(20)19-10-14-5-3-4-6-15(14)11-19/h7-9,12,14-15H,3-6,10-11H2,1-2H3,(H,17,20). The molecule has 1 aliphatic carbocycles. The highest BCUT2D eigenvalue weighted by Gasteiger charge is 2.36. The highest BCUT2D eigenvalue weighted by molar-refractivity contribution is 5.75. The summed E-state index contributed by atoms with van der Waals surface area (Å²) in [6, 6.07) is 2.25. The van der Waals surface area contributed by atoms with E-state index < -0.39 is 0 Å². The molecule has 2 aliphatic rings. The Morgan fingerprint density at radius 2 is 1.95 bits per heavy atom. The van der Waals surface area contributed by atoms with Gasteiger partial charge in [0.05, 0.1) is 6.04 Å². The number of carbonyl (C=O) groups is 1. The van der Waals surface area contributed by atoms with Gasteiger partial charge in [-0.1, -0.05) is 12.8 Å². The van der Waals surface area contributed by atoms with Crippen LogP contribution in [0.5, 0.6) is 0 Å². The first kappa shape index (κ1) is 13.5. The van der Waals surface area contributed by atoms with Crippen LogP contribution in [0.1, 0.15) is 44.2 Å². The molecule has 1 aliphatic heterocycles. The van der Waals surface area contributed by atoms with E-state index in [0.717, 1.165) is 30.5 Å². The van der Waals surface area contributed by atoms with Crippen LogP contribution in [0, 0.1) is 11.8 Å². The SMILES string of the molecule is CC(NC(=O)N1CC2CCCCC2C1)c1ccn(C)c1. The summed E-state index contributed by atoms with van der Waals surface area (Å²) in [4.78, 5) is 14.4. The number of rotatable bonds is 2. The van der Waals surface area contributed by atoms with Crippen LogP contribution >= 0.6 is 0 Å². The molecule has 20 heavy (non-hydrogen) atoms. The fourth-order valence-corrected chi connectivity index (χ4v) is 3.71. The van der Waals surface area contributed by atoms with E-state index in [2.05, 4.69) is 24.5 Å². The van der Waals surface area contributed by atoms with Gasteiger partial charge in [0.15, 0.2) is 0 Å². The number of hydrogen-bond donors (Lipinski definition) is 1. The molecule has 0 spiro atoms. The number of urea groups is 1. The monoisotopic (exact) mass is 275 g/mol. The first-order valence-corrected chi connectivity index (χ1v) is 7.81. The van der Waals surface area contributed by atoms with Crippen molar-refractivity contribution in [1.82, 2.24) is 14.8 Å². The number of hydrogen-bond acceptors (Lipinski definition) is 1. The molecule has 0 aromatic carbocycles.